The number of ether oxygens (including phenoxy) is 1. The Bertz CT molecular complexity index is 466. The molecule has 0 aliphatic rings. The Balaban J connectivity index is 2.72. The van der Waals surface area contributed by atoms with Gasteiger partial charge in [-0.15, -0.1) is 0 Å². The minimum Gasteiger partial charge on any atom is -0.464 e. The number of nitrogens with two attached hydrogens (primary N) is 1. The fourth-order valence-corrected chi connectivity index (χ4v) is 2.64. The highest BCUT2D eigenvalue weighted by Crippen LogP contribution is 2.23. The second-order valence-electron chi connectivity index (χ2n) is 5.27. The first-order valence-corrected chi connectivity index (χ1v) is 7.61. The van der Waals surface area contributed by atoms with E-state index >= 15 is 0 Å². The van der Waals surface area contributed by atoms with E-state index < -0.39 is 5.97 Å². The van der Waals surface area contributed by atoms with E-state index in [4.69, 9.17) is 10.5 Å². The van der Waals surface area contributed by atoms with Gasteiger partial charge >= 0.3 is 5.97 Å². The highest BCUT2D eigenvalue weighted by Gasteiger charge is 2.21. The largest absolute Gasteiger partial charge is 0.464 e. The normalized spacial score (nSPS) is 12.7. The van der Waals surface area contributed by atoms with Crippen LogP contribution in [0.5, 0.6) is 0 Å². The van der Waals surface area contributed by atoms with Gasteiger partial charge in [-0.1, -0.05) is 13.8 Å². The topological polar surface area (TPSA) is 73.4 Å². The zero-order valence-corrected chi connectivity index (χ0v) is 13.8. The van der Waals surface area contributed by atoms with Gasteiger partial charge in [0.25, 0.3) is 0 Å². The average Bonchev–Trinajstić information content (AvgIpc) is 2.77. The van der Waals surface area contributed by atoms with Crippen LogP contribution >= 0.6 is 0 Å². The first-order chi connectivity index (χ1) is 9.96. The number of carbonyl (C=O) groups is 1. The van der Waals surface area contributed by atoms with Crippen LogP contribution in [0.3, 0.4) is 0 Å². The van der Waals surface area contributed by atoms with Gasteiger partial charge < -0.3 is 19.9 Å². The molecular formula is C15H28N4O2. The second kappa shape index (κ2) is 8.02. The number of esters is 1. The quantitative estimate of drug-likeness (QED) is 0.745. The van der Waals surface area contributed by atoms with Crippen molar-refractivity contribution in [2.45, 2.75) is 46.6 Å². The summed E-state index contributed by atoms with van der Waals surface area (Å²) in [6.45, 7) is 11.5. The fourth-order valence-electron chi connectivity index (χ4n) is 2.64. The van der Waals surface area contributed by atoms with Crippen molar-refractivity contribution >= 4 is 11.8 Å². The van der Waals surface area contributed by atoms with E-state index in [1.54, 1.807) is 0 Å². The van der Waals surface area contributed by atoms with E-state index in [1.807, 2.05) is 11.5 Å². The van der Waals surface area contributed by atoms with Crippen LogP contribution in [0.2, 0.25) is 0 Å². The van der Waals surface area contributed by atoms with Crippen LogP contribution in [0.4, 0.5) is 5.82 Å². The maximum atomic E-state index is 11.6. The SMILES string of the molecule is CCN(CC)CCCC(C)n1c(C)nc(C(=O)OC)c1N. The Morgan fingerprint density at radius 2 is 2.05 bits per heavy atom. The van der Waals surface area contributed by atoms with Crippen LogP contribution in [0.25, 0.3) is 0 Å². The van der Waals surface area contributed by atoms with Crippen LogP contribution in [0.15, 0.2) is 0 Å². The molecule has 1 unspecified atom stereocenters. The molecule has 0 radical (unpaired) electrons. The molecule has 1 atom stereocenters. The van der Waals surface area contributed by atoms with E-state index in [2.05, 4.69) is 30.7 Å². The monoisotopic (exact) mass is 296 g/mol. The lowest BCUT2D eigenvalue weighted by Crippen LogP contribution is -2.24. The standard InChI is InChI=1S/C15H28N4O2/c1-6-18(7-2)10-8-9-11(3)19-12(4)17-13(14(19)16)15(20)21-5/h11H,6-10,16H2,1-5H3. The predicted octanol–water partition coefficient (Wildman–Crippen LogP) is 2.24. The minimum absolute atomic E-state index is 0.214. The van der Waals surface area contributed by atoms with Crippen molar-refractivity contribution in [2.24, 2.45) is 0 Å². The molecule has 120 valence electrons. The number of aromatic nitrogens is 2. The number of aryl methyl sites for hydroxylation is 1. The number of methoxy groups -OCH3 is 1. The van der Waals surface area contributed by atoms with E-state index in [1.165, 1.54) is 7.11 Å². The molecule has 1 aromatic heterocycles. The molecule has 0 amide bonds. The summed E-state index contributed by atoms with van der Waals surface area (Å²) < 4.78 is 6.63. The second-order valence-corrected chi connectivity index (χ2v) is 5.27. The van der Waals surface area contributed by atoms with Crippen LogP contribution in [0.1, 0.15) is 56.0 Å². The van der Waals surface area contributed by atoms with Gasteiger partial charge in [-0.05, 0) is 46.3 Å². The van der Waals surface area contributed by atoms with Gasteiger partial charge in [0, 0.05) is 6.04 Å². The van der Waals surface area contributed by atoms with Crippen molar-refractivity contribution < 1.29 is 9.53 Å². The highest BCUT2D eigenvalue weighted by molar-refractivity contribution is 5.92. The van der Waals surface area contributed by atoms with E-state index in [0.29, 0.717) is 5.82 Å². The van der Waals surface area contributed by atoms with E-state index in [9.17, 15) is 4.79 Å². The molecular weight excluding hydrogens is 268 g/mol. The van der Waals surface area contributed by atoms with Crippen LogP contribution in [0, 0.1) is 6.92 Å². The average molecular weight is 296 g/mol. The third kappa shape index (κ3) is 4.20. The molecule has 1 rings (SSSR count). The molecule has 0 aliphatic carbocycles. The maximum absolute atomic E-state index is 11.6. The summed E-state index contributed by atoms with van der Waals surface area (Å²) in [4.78, 5) is 18.2. The molecule has 0 fully saturated rings. The van der Waals surface area contributed by atoms with Gasteiger partial charge in [0.1, 0.15) is 11.6 Å². The number of imidazole rings is 1. The third-order valence-corrected chi connectivity index (χ3v) is 3.93. The van der Waals surface area contributed by atoms with Gasteiger partial charge in [-0.2, -0.15) is 0 Å². The van der Waals surface area contributed by atoms with Crippen molar-refractivity contribution in [1.29, 1.82) is 0 Å². The Labute approximate surface area is 127 Å². The van der Waals surface area contributed by atoms with Crippen molar-refractivity contribution in [3.8, 4) is 0 Å². The zero-order chi connectivity index (χ0) is 16.0. The molecule has 0 saturated heterocycles. The number of rotatable bonds is 8. The van der Waals surface area contributed by atoms with Gasteiger partial charge in [0.05, 0.1) is 7.11 Å². The molecule has 0 saturated carbocycles. The molecule has 6 heteroatoms. The van der Waals surface area contributed by atoms with Crippen molar-refractivity contribution in [3.05, 3.63) is 11.5 Å². The van der Waals surface area contributed by atoms with E-state index in [-0.39, 0.29) is 11.7 Å². The van der Waals surface area contributed by atoms with Crippen molar-refractivity contribution in [3.63, 3.8) is 0 Å². The van der Waals surface area contributed by atoms with Gasteiger partial charge in [-0.3, -0.25) is 0 Å². The summed E-state index contributed by atoms with van der Waals surface area (Å²) in [5, 5.41) is 0. The Morgan fingerprint density at radius 1 is 1.43 bits per heavy atom. The lowest BCUT2D eigenvalue weighted by atomic mass is 10.1. The maximum Gasteiger partial charge on any atom is 0.360 e. The number of nitrogen functional groups attached to an aromatic ring is 1. The van der Waals surface area contributed by atoms with E-state index in [0.717, 1.165) is 38.3 Å². The lowest BCUT2D eigenvalue weighted by Gasteiger charge is -2.21. The lowest BCUT2D eigenvalue weighted by molar-refractivity contribution is 0.0595. The van der Waals surface area contributed by atoms with Crippen LogP contribution < -0.4 is 5.73 Å². The third-order valence-electron chi connectivity index (χ3n) is 3.93. The number of hydrogen-bond donors (Lipinski definition) is 1. The highest BCUT2D eigenvalue weighted by atomic mass is 16.5. The Hall–Kier alpha value is -1.56. The summed E-state index contributed by atoms with van der Waals surface area (Å²) in [6, 6.07) is 0.214. The van der Waals surface area contributed by atoms with Crippen molar-refractivity contribution in [1.82, 2.24) is 14.5 Å². The first-order valence-electron chi connectivity index (χ1n) is 7.61. The van der Waals surface area contributed by atoms with Gasteiger partial charge in [0.2, 0.25) is 0 Å². The Kier molecular flexibility index (Phi) is 6.68. The number of hydrogen-bond acceptors (Lipinski definition) is 5. The van der Waals surface area contributed by atoms with Crippen molar-refractivity contribution in [2.75, 3.05) is 32.5 Å². The van der Waals surface area contributed by atoms with Crippen LogP contribution in [-0.2, 0) is 4.74 Å². The summed E-state index contributed by atoms with van der Waals surface area (Å²) >= 11 is 0. The molecule has 1 heterocycles. The molecule has 6 nitrogen and oxygen atoms in total. The predicted molar refractivity (Wildman–Crippen MR) is 84.4 cm³/mol. The minimum atomic E-state index is -0.482. The molecule has 2 N–H and O–H groups in total. The summed E-state index contributed by atoms with van der Waals surface area (Å²) in [7, 11) is 1.34. The molecule has 1 aromatic rings. The first kappa shape index (κ1) is 17.5. The number of nitrogens with zero attached hydrogens (tertiary/aromatic N) is 3. The fraction of sp³-hybridized carbons (Fsp3) is 0.733. The van der Waals surface area contributed by atoms with Crippen LogP contribution in [-0.4, -0.2) is 47.2 Å². The molecule has 21 heavy (non-hydrogen) atoms. The molecule has 0 aromatic carbocycles. The Morgan fingerprint density at radius 3 is 2.57 bits per heavy atom. The smallest absolute Gasteiger partial charge is 0.360 e. The number of anilines is 1. The molecule has 0 bridgehead atoms. The molecule has 0 aliphatic heterocycles. The molecule has 0 spiro atoms. The zero-order valence-electron chi connectivity index (χ0n) is 13.8. The summed E-state index contributed by atoms with van der Waals surface area (Å²) in [5.74, 6) is 0.669. The summed E-state index contributed by atoms with van der Waals surface area (Å²) in [6.07, 6.45) is 2.09. The van der Waals surface area contributed by atoms with Gasteiger partial charge in [-0.25, -0.2) is 9.78 Å². The van der Waals surface area contributed by atoms with Gasteiger partial charge in [0.15, 0.2) is 5.69 Å². The summed E-state index contributed by atoms with van der Waals surface area (Å²) in [5.41, 5.74) is 6.27. The number of carbonyl (C=O) groups excluding carboxylic acids is 1.